The SMILES string of the molecule is O=c1[nH]c2ccccc2cc1Cc1ccc2c(c1)NNN2. The van der Waals surface area contributed by atoms with Gasteiger partial charge in [0, 0.05) is 17.5 Å². The van der Waals surface area contributed by atoms with E-state index < -0.39 is 0 Å². The van der Waals surface area contributed by atoms with Crippen LogP contribution >= 0.6 is 0 Å². The molecule has 5 nitrogen and oxygen atoms in total. The van der Waals surface area contributed by atoms with Gasteiger partial charge < -0.3 is 15.8 Å². The van der Waals surface area contributed by atoms with E-state index in [1.54, 1.807) is 0 Å². The van der Waals surface area contributed by atoms with E-state index in [1.807, 2.05) is 48.5 Å². The first-order valence-electron chi connectivity index (χ1n) is 6.80. The second kappa shape index (κ2) is 4.64. The molecular weight excluding hydrogens is 264 g/mol. The monoisotopic (exact) mass is 278 g/mol. The summed E-state index contributed by atoms with van der Waals surface area (Å²) in [7, 11) is 0. The van der Waals surface area contributed by atoms with Crippen molar-refractivity contribution in [3.8, 4) is 0 Å². The molecule has 5 heteroatoms. The molecule has 104 valence electrons. The van der Waals surface area contributed by atoms with Gasteiger partial charge in [0.2, 0.25) is 0 Å². The van der Waals surface area contributed by atoms with Crippen LogP contribution < -0.4 is 21.9 Å². The number of H-pyrrole nitrogens is 1. The van der Waals surface area contributed by atoms with Crippen molar-refractivity contribution in [3.63, 3.8) is 0 Å². The lowest BCUT2D eigenvalue weighted by atomic mass is 10.0. The van der Waals surface area contributed by atoms with Gasteiger partial charge >= 0.3 is 0 Å². The van der Waals surface area contributed by atoms with Gasteiger partial charge in [0.1, 0.15) is 0 Å². The second-order valence-electron chi connectivity index (χ2n) is 5.14. The van der Waals surface area contributed by atoms with Crippen LogP contribution in [0, 0.1) is 0 Å². The summed E-state index contributed by atoms with van der Waals surface area (Å²) < 4.78 is 0. The highest BCUT2D eigenvalue weighted by Crippen LogP contribution is 2.26. The average Bonchev–Trinajstić information content (AvgIpc) is 2.95. The first-order valence-corrected chi connectivity index (χ1v) is 6.80. The largest absolute Gasteiger partial charge is 0.322 e. The van der Waals surface area contributed by atoms with Gasteiger partial charge in [-0.25, -0.2) is 0 Å². The van der Waals surface area contributed by atoms with Gasteiger partial charge in [0.05, 0.1) is 11.4 Å². The zero-order valence-electron chi connectivity index (χ0n) is 11.2. The maximum absolute atomic E-state index is 12.2. The fourth-order valence-corrected chi connectivity index (χ4v) is 2.62. The quantitative estimate of drug-likeness (QED) is 0.581. The first kappa shape index (κ1) is 12.0. The molecule has 0 bridgehead atoms. The van der Waals surface area contributed by atoms with Crippen LogP contribution in [0.5, 0.6) is 0 Å². The van der Waals surface area contributed by atoms with Crippen molar-refractivity contribution in [1.29, 1.82) is 0 Å². The smallest absolute Gasteiger partial charge is 0.251 e. The van der Waals surface area contributed by atoms with Crippen LogP contribution in [0.2, 0.25) is 0 Å². The molecule has 0 atom stereocenters. The van der Waals surface area contributed by atoms with Gasteiger partial charge in [-0.2, -0.15) is 0 Å². The number of hydrogen-bond donors (Lipinski definition) is 4. The lowest BCUT2D eigenvalue weighted by molar-refractivity contribution is 1.01. The molecule has 0 saturated heterocycles. The molecule has 1 aliphatic heterocycles. The van der Waals surface area contributed by atoms with Crippen molar-refractivity contribution in [2.75, 3.05) is 10.9 Å². The summed E-state index contributed by atoms with van der Waals surface area (Å²) >= 11 is 0. The number of hydrogen-bond acceptors (Lipinski definition) is 4. The number of fused-ring (bicyclic) bond motifs is 2. The van der Waals surface area contributed by atoms with Gasteiger partial charge in [-0.1, -0.05) is 24.3 Å². The molecule has 1 aromatic heterocycles. The molecule has 2 heterocycles. The highest BCUT2D eigenvalue weighted by Gasteiger charge is 2.10. The van der Waals surface area contributed by atoms with E-state index in [-0.39, 0.29) is 5.56 Å². The van der Waals surface area contributed by atoms with E-state index in [0.29, 0.717) is 6.42 Å². The van der Waals surface area contributed by atoms with Gasteiger partial charge in [-0.05, 0) is 35.2 Å². The Bertz CT molecular complexity index is 885. The molecule has 21 heavy (non-hydrogen) atoms. The number of aromatic nitrogens is 1. The van der Waals surface area contributed by atoms with E-state index in [9.17, 15) is 4.79 Å². The summed E-state index contributed by atoms with van der Waals surface area (Å²) in [6.07, 6.45) is 0.606. The normalized spacial score (nSPS) is 12.8. The fourth-order valence-electron chi connectivity index (χ4n) is 2.62. The molecule has 4 rings (SSSR count). The van der Waals surface area contributed by atoms with Crippen LogP contribution in [-0.4, -0.2) is 4.98 Å². The van der Waals surface area contributed by atoms with Crippen molar-refractivity contribution in [2.24, 2.45) is 0 Å². The molecular formula is C16H14N4O. The van der Waals surface area contributed by atoms with Crippen molar-refractivity contribution in [2.45, 2.75) is 6.42 Å². The minimum absolute atomic E-state index is 0.0293. The fraction of sp³-hybridized carbons (Fsp3) is 0.0625. The average molecular weight is 278 g/mol. The Morgan fingerprint density at radius 1 is 0.905 bits per heavy atom. The lowest BCUT2D eigenvalue weighted by Gasteiger charge is -2.05. The van der Waals surface area contributed by atoms with Crippen molar-refractivity contribution in [1.82, 2.24) is 10.5 Å². The third kappa shape index (κ3) is 2.13. The Kier molecular flexibility index (Phi) is 2.65. The highest BCUT2D eigenvalue weighted by atomic mass is 16.1. The number of hydrazine groups is 2. The molecule has 0 spiro atoms. The molecule has 2 aromatic carbocycles. The number of rotatable bonds is 2. The van der Waals surface area contributed by atoms with E-state index >= 15 is 0 Å². The van der Waals surface area contributed by atoms with Gasteiger partial charge in [0.25, 0.3) is 5.56 Å². The molecule has 0 saturated carbocycles. The van der Waals surface area contributed by atoms with Crippen molar-refractivity contribution >= 4 is 22.3 Å². The summed E-state index contributed by atoms with van der Waals surface area (Å²) in [6, 6.07) is 15.8. The number of pyridine rings is 1. The zero-order chi connectivity index (χ0) is 14.2. The van der Waals surface area contributed by atoms with Crippen LogP contribution in [0.3, 0.4) is 0 Å². The van der Waals surface area contributed by atoms with E-state index in [0.717, 1.165) is 33.4 Å². The molecule has 0 aliphatic carbocycles. The summed E-state index contributed by atoms with van der Waals surface area (Å²) in [5.74, 6) is 0. The summed E-state index contributed by atoms with van der Waals surface area (Å²) in [6.45, 7) is 0. The summed E-state index contributed by atoms with van der Waals surface area (Å²) in [5, 5.41) is 1.05. The lowest BCUT2D eigenvalue weighted by Crippen LogP contribution is -2.19. The minimum atomic E-state index is -0.0293. The van der Waals surface area contributed by atoms with Crippen LogP contribution in [-0.2, 0) is 6.42 Å². The molecule has 4 N–H and O–H groups in total. The second-order valence-corrected chi connectivity index (χ2v) is 5.14. The molecule has 0 fully saturated rings. The Morgan fingerprint density at radius 3 is 2.71 bits per heavy atom. The van der Waals surface area contributed by atoms with Crippen LogP contribution in [0.4, 0.5) is 11.4 Å². The van der Waals surface area contributed by atoms with Crippen molar-refractivity contribution < 1.29 is 0 Å². The molecule has 1 aliphatic rings. The van der Waals surface area contributed by atoms with E-state index in [2.05, 4.69) is 21.4 Å². The summed E-state index contributed by atoms with van der Waals surface area (Å²) in [4.78, 5) is 15.1. The third-order valence-electron chi connectivity index (χ3n) is 3.70. The number of aromatic amines is 1. The van der Waals surface area contributed by atoms with Gasteiger partial charge in [-0.3, -0.25) is 4.79 Å². The third-order valence-corrected chi connectivity index (χ3v) is 3.70. The minimum Gasteiger partial charge on any atom is -0.322 e. The number of benzene rings is 2. The predicted octanol–water partition coefficient (Wildman–Crippen LogP) is 2.38. The van der Waals surface area contributed by atoms with E-state index in [1.165, 1.54) is 0 Å². The Balaban J connectivity index is 1.74. The highest BCUT2D eigenvalue weighted by molar-refractivity contribution is 5.79. The predicted molar refractivity (Wildman–Crippen MR) is 84.2 cm³/mol. The topological polar surface area (TPSA) is 69.0 Å². The van der Waals surface area contributed by atoms with Crippen LogP contribution in [0.15, 0.2) is 53.3 Å². The standard InChI is InChI=1S/C16H14N4O/c21-16-12(9-11-3-1-2-4-13(11)17-16)7-10-5-6-14-15(8-10)19-20-18-14/h1-6,8-9,18-20H,7H2,(H,17,21). The molecule has 0 radical (unpaired) electrons. The number of nitrogens with one attached hydrogen (secondary N) is 4. The molecule has 0 unspecified atom stereocenters. The maximum Gasteiger partial charge on any atom is 0.251 e. The Labute approximate surface area is 121 Å². The molecule has 3 aromatic rings. The first-order chi connectivity index (χ1) is 10.3. The zero-order valence-corrected chi connectivity index (χ0v) is 11.2. The van der Waals surface area contributed by atoms with Crippen molar-refractivity contribution in [3.05, 3.63) is 70.0 Å². The Morgan fingerprint density at radius 2 is 1.76 bits per heavy atom. The number of para-hydroxylation sites is 1. The van der Waals surface area contributed by atoms with Gasteiger partial charge in [-0.15, -0.1) is 5.53 Å². The van der Waals surface area contributed by atoms with Crippen LogP contribution in [0.1, 0.15) is 11.1 Å². The maximum atomic E-state index is 12.2. The van der Waals surface area contributed by atoms with E-state index in [4.69, 9.17) is 0 Å². The van der Waals surface area contributed by atoms with Gasteiger partial charge in [0.15, 0.2) is 0 Å². The number of anilines is 2. The Hall–Kier alpha value is -2.79. The van der Waals surface area contributed by atoms with Crippen LogP contribution in [0.25, 0.3) is 10.9 Å². The summed E-state index contributed by atoms with van der Waals surface area (Å²) in [5.41, 5.74) is 13.6. The molecule has 0 amide bonds.